The van der Waals surface area contributed by atoms with Gasteiger partial charge in [-0.1, -0.05) is 60.7 Å². The van der Waals surface area contributed by atoms with Gasteiger partial charge in [0.15, 0.2) is 0 Å². The highest BCUT2D eigenvalue weighted by molar-refractivity contribution is 7.60. The third-order valence-electron chi connectivity index (χ3n) is 4.28. The van der Waals surface area contributed by atoms with Gasteiger partial charge in [0.25, 0.3) is 0 Å². The van der Waals surface area contributed by atoms with Crippen LogP contribution < -0.4 is 0 Å². The first-order chi connectivity index (χ1) is 10.3. The van der Waals surface area contributed by atoms with Crippen LogP contribution in [-0.2, 0) is 9.09 Å². The molecule has 1 heterocycles. The molecule has 0 radical (unpaired) electrons. The zero-order chi connectivity index (χ0) is 14.7. The zero-order valence-corrected chi connectivity index (χ0v) is 13.2. The summed E-state index contributed by atoms with van der Waals surface area (Å²) in [5, 5.41) is 0. The summed E-state index contributed by atoms with van der Waals surface area (Å²) in [4.78, 5) is 0. The van der Waals surface area contributed by atoms with Crippen LogP contribution in [0.5, 0.6) is 0 Å². The lowest BCUT2D eigenvalue weighted by Crippen LogP contribution is -2.02. The van der Waals surface area contributed by atoms with Crippen LogP contribution in [0.4, 0.5) is 0 Å². The third-order valence-corrected chi connectivity index (χ3v) is 7.79. The van der Waals surface area contributed by atoms with Gasteiger partial charge >= 0.3 is 0 Å². The fourth-order valence-corrected chi connectivity index (χ4v) is 6.77. The van der Waals surface area contributed by atoms with Gasteiger partial charge in [-0.3, -0.25) is 4.57 Å². The van der Waals surface area contributed by atoms with Crippen molar-refractivity contribution in [3.8, 4) is 0 Å². The van der Waals surface area contributed by atoms with Crippen molar-refractivity contribution in [1.29, 1.82) is 0 Å². The summed E-state index contributed by atoms with van der Waals surface area (Å²) in [6, 6.07) is 20.4. The van der Waals surface area contributed by atoms with E-state index in [4.69, 9.17) is 4.52 Å². The molecule has 0 amide bonds. The van der Waals surface area contributed by atoms with Crippen LogP contribution in [0.3, 0.4) is 0 Å². The topological polar surface area (TPSA) is 26.3 Å². The molecule has 0 spiro atoms. The minimum Gasteiger partial charge on any atom is -0.328 e. The van der Waals surface area contributed by atoms with Crippen LogP contribution in [0, 0.1) is 0 Å². The van der Waals surface area contributed by atoms with E-state index >= 15 is 0 Å². The number of hydrogen-bond acceptors (Lipinski definition) is 2. The molecule has 1 saturated heterocycles. The Kier molecular flexibility index (Phi) is 4.28. The van der Waals surface area contributed by atoms with Crippen LogP contribution in [0.1, 0.15) is 42.2 Å². The van der Waals surface area contributed by atoms with Crippen LogP contribution in [0.2, 0.25) is 0 Å². The lowest BCUT2D eigenvalue weighted by Gasteiger charge is -2.26. The first-order valence-corrected chi connectivity index (χ1v) is 9.36. The molecule has 1 aliphatic rings. The van der Waals surface area contributed by atoms with E-state index in [1.165, 1.54) is 0 Å². The Bertz CT molecular complexity index is 573. The number of hydrogen-bond donors (Lipinski definition) is 0. The Balaban J connectivity index is 1.99. The van der Waals surface area contributed by atoms with Crippen molar-refractivity contribution in [2.75, 3.05) is 6.61 Å². The summed E-state index contributed by atoms with van der Waals surface area (Å²) in [6.45, 7) is 2.44. The molecule has 3 heteroatoms. The highest BCUT2D eigenvalue weighted by Gasteiger charge is 2.48. The van der Waals surface area contributed by atoms with Gasteiger partial charge in [-0.15, -0.1) is 0 Å². The molecule has 21 heavy (non-hydrogen) atoms. The molecule has 0 aromatic heterocycles. The second kappa shape index (κ2) is 6.17. The maximum absolute atomic E-state index is 13.7. The summed E-state index contributed by atoms with van der Waals surface area (Å²) in [6.07, 6.45) is 1.86. The SMILES string of the molecule is CCOP1(=O)[C@@H](c2ccccc2)CC[C@H]1c1ccccc1. The predicted octanol–water partition coefficient (Wildman–Crippen LogP) is 5.58. The molecule has 1 aliphatic heterocycles. The smallest absolute Gasteiger partial charge is 0.217 e. The largest absolute Gasteiger partial charge is 0.328 e. The molecule has 1 fully saturated rings. The van der Waals surface area contributed by atoms with Crippen molar-refractivity contribution in [2.24, 2.45) is 0 Å². The lowest BCUT2D eigenvalue weighted by atomic mass is 10.0. The fraction of sp³-hybridized carbons (Fsp3) is 0.333. The van der Waals surface area contributed by atoms with E-state index in [0.29, 0.717) is 6.61 Å². The van der Waals surface area contributed by atoms with E-state index in [9.17, 15) is 4.57 Å². The van der Waals surface area contributed by atoms with Crippen LogP contribution in [0.15, 0.2) is 60.7 Å². The molecule has 2 aromatic rings. The summed E-state index contributed by atoms with van der Waals surface area (Å²) < 4.78 is 19.5. The highest BCUT2D eigenvalue weighted by Crippen LogP contribution is 2.76. The summed E-state index contributed by atoms with van der Waals surface area (Å²) in [7, 11) is -2.73. The lowest BCUT2D eigenvalue weighted by molar-refractivity contribution is 0.325. The minimum atomic E-state index is -2.73. The monoisotopic (exact) mass is 300 g/mol. The Morgan fingerprint density at radius 2 is 1.33 bits per heavy atom. The van der Waals surface area contributed by atoms with Crippen molar-refractivity contribution in [1.82, 2.24) is 0 Å². The molecule has 3 atom stereocenters. The molecule has 0 aliphatic carbocycles. The van der Waals surface area contributed by atoms with Gasteiger partial charge in [0.05, 0.1) is 17.9 Å². The molecule has 1 unspecified atom stereocenters. The first kappa shape index (κ1) is 14.6. The van der Waals surface area contributed by atoms with E-state index in [1.54, 1.807) is 0 Å². The number of rotatable bonds is 4. The quantitative estimate of drug-likeness (QED) is 0.689. The van der Waals surface area contributed by atoms with Gasteiger partial charge in [0, 0.05) is 0 Å². The van der Waals surface area contributed by atoms with Crippen LogP contribution in [0.25, 0.3) is 0 Å². The number of benzene rings is 2. The van der Waals surface area contributed by atoms with Crippen LogP contribution in [-0.4, -0.2) is 6.61 Å². The molecule has 0 N–H and O–H groups in total. The van der Waals surface area contributed by atoms with Crippen LogP contribution >= 0.6 is 7.37 Å². The molecule has 2 nitrogen and oxygen atoms in total. The van der Waals surface area contributed by atoms with Crippen molar-refractivity contribution < 1.29 is 9.09 Å². The minimum absolute atomic E-state index is 0.0313. The highest BCUT2D eigenvalue weighted by atomic mass is 31.2. The Morgan fingerprint density at radius 3 is 1.71 bits per heavy atom. The second-order valence-electron chi connectivity index (χ2n) is 5.49. The maximum Gasteiger partial charge on any atom is 0.217 e. The van der Waals surface area contributed by atoms with E-state index in [1.807, 2.05) is 43.3 Å². The third kappa shape index (κ3) is 2.71. The Hall–Kier alpha value is -1.37. The summed E-state index contributed by atoms with van der Waals surface area (Å²) >= 11 is 0. The van der Waals surface area contributed by atoms with Gasteiger partial charge in [0.2, 0.25) is 7.37 Å². The Labute approximate surface area is 126 Å². The van der Waals surface area contributed by atoms with Gasteiger partial charge in [-0.25, -0.2) is 0 Å². The van der Waals surface area contributed by atoms with Crippen molar-refractivity contribution in [3.05, 3.63) is 71.8 Å². The maximum atomic E-state index is 13.7. The Morgan fingerprint density at radius 1 is 0.905 bits per heavy atom. The zero-order valence-electron chi connectivity index (χ0n) is 12.3. The molecule has 110 valence electrons. The summed E-state index contributed by atoms with van der Waals surface area (Å²) in [5.74, 6) is 0. The molecule has 0 bridgehead atoms. The van der Waals surface area contributed by atoms with Crippen molar-refractivity contribution in [2.45, 2.75) is 31.1 Å². The van der Waals surface area contributed by atoms with E-state index < -0.39 is 7.37 Å². The van der Waals surface area contributed by atoms with Crippen molar-refractivity contribution >= 4 is 7.37 Å². The molecular weight excluding hydrogens is 279 g/mol. The van der Waals surface area contributed by atoms with Gasteiger partial charge < -0.3 is 4.52 Å². The van der Waals surface area contributed by atoms with Gasteiger partial charge in [-0.05, 0) is 30.9 Å². The molecule has 3 rings (SSSR count). The second-order valence-corrected chi connectivity index (χ2v) is 8.29. The predicted molar refractivity (Wildman–Crippen MR) is 86.8 cm³/mol. The van der Waals surface area contributed by atoms with Gasteiger partial charge in [-0.2, -0.15) is 0 Å². The summed E-state index contributed by atoms with van der Waals surface area (Å²) in [5.41, 5.74) is 2.35. The average Bonchev–Trinajstić information content (AvgIpc) is 2.86. The van der Waals surface area contributed by atoms with E-state index in [2.05, 4.69) is 24.3 Å². The van der Waals surface area contributed by atoms with E-state index in [0.717, 1.165) is 24.0 Å². The van der Waals surface area contributed by atoms with Gasteiger partial charge in [0.1, 0.15) is 0 Å². The molecule has 2 aromatic carbocycles. The molecule has 0 saturated carbocycles. The average molecular weight is 300 g/mol. The van der Waals surface area contributed by atoms with E-state index in [-0.39, 0.29) is 11.3 Å². The first-order valence-electron chi connectivity index (χ1n) is 7.59. The van der Waals surface area contributed by atoms with Crippen molar-refractivity contribution in [3.63, 3.8) is 0 Å². The standard InChI is InChI=1S/C18H21O2P/c1-2-20-21(19)17(15-9-5-3-6-10-15)13-14-18(21)16-11-7-4-8-12-16/h3-12,17-18H,2,13-14H2,1H3/t17-,18+,21?. The molecular formula is C18H21O2P. The fourth-order valence-electron chi connectivity index (χ4n) is 3.37. The normalized spacial score (nSPS) is 28.6.